The molecule has 0 heterocycles. The number of allylic oxidation sites excluding steroid dienone is 20. The van der Waals surface area contributed by atoms with E-state index in [4.69, 9.17) is 53.2 Å². The average molecular weight is 1170 g/mol. The number of carbonyl (C=O) groups excluding carboxylic acids is 4. The zero-order valence-corrected chi connectivity index (χ0v) is 53.1. The number of aliphatic carboxylic acids is 1. The maximum absolute atomic E-state index is 12.0. The first-order valence-electron chi connectivity index (χ1n) is 25.3. The van der Waals surface area contributed by atoms with Gasteiger partial charge >= 0.3 is 121 Å². The molecule has 0 spiro atoms. The number of carboxylic acids is 1. The van der Waals surface area contributed by atoms with Gasteiger partial charge < -0.3 is 63.5 Å². The van der Waals surface area contributed by atoms with E-state index in [1.54, 1.807) is 0 Å². The summed E-state index contributed by atoms with van der Waals surface area (Å²) in [6.07, 6.45) is 53.2. The van der Waals surface area contributed by atoms with Crippen LogP contribution in [0.25, 0.3) is 0 Å². The number of hydrogen-bond donors (Lipinski definition) is 9. The monoisotopic (exact) mass is 1170 g/mol. The Labute approximate surface area is 557 Å². The van der Waals surface area contributed by atoms with Gasteiger partial charge in [0.05, 0.1) is 0 Å². The predicted octanol–water partition coefficient (Wildman–Crippen LogP) is 4.22. The number of nitrogens with two attached hydrogens (primary N) is 2. The summed E-state index contributed by atoms with van der Waals surface area (Å²) in [7, 11) is 0. The quantitative estimate of drug-likeness (QED) is 0.00462. The largest absolute Gasteiger partial charge is 1.00 e. The van der Waals surface area contributed by atoms with Crippen molar-refractivity contribution in [2.75, 3.05) is 0 Å². The van der Waals surface area contributed by atoms with E-state index >= 15 is 0 Å². The van der Waals surface area contributed by atoms with Gasteiger partial charge in [-0.2, -0.15) is 0 Å². The van der Waals surface area contributed by atoms with Gasteiger partial charge in [-0.15, -0.1) is 0 Å². The number of hydrogen-bond acceptors (Lipinski definition) is 16. The van der Waals surface area contributed by atoms with Crippen LogP contribution in [0.3, 0.4) is 0 Å². The fourth-order valence-corrected chi connectivity index (χ4v) is 5.95. The van der Waals surface area contributed by atoms with E-state index in [2.05, 4.69) is 128 Å². The van der Waals surface area contributed by atoms with Crippen LogP contribution in [0.2, 0.25) is 0 Å². The van der Waals surface area contributed by atoms with Crippen molar-refractivity contribution in [1.82, 2.24) is 0 Å². The maximum Gasteiger partial charge on any atom is 1.00 e. The molecule has 426 valence electrons. The first kappa shape index (κ1) is 81.6. The molecule has 2 rings (SSSR count). The zero-order valence-electron chi connectivity index (χ0n) is 47.1. The summed E-state index contributed by atoms with van der Waals surface area (Å²) in [4.78, 5) is 56.1. The molecule has 0 saturated heterocycles. The Balaban J connectivity index is -0.000000363. The number of esters is 2. The number of halogens is 1. The molecule has 17 nitrogen and oxygen atoms in total. The molecule has 0 amide bonds. The summed E-state index contributed by atoms with van der Waals surface area (Å²) in [6, 6.07) is 4.04. The Bertz CT molecular complexity index is 2280. The normalized spacial score (nSPS) is 13.0. The first-order chi connectivity index (χ1) is 37.0. The number of rotatable bonds is 33. The number of aliphatic hydroxyl groups excluding tert-OH is 2. The summed E-state index contributed by atoms with van der Waals surface area (Å²) in [5.74, 6) is -4.75. The maximum atomic E-state index is 12.0. The van der Waals surface area contributed by atoms with Crippen molar-refractivity contribution < 1.29 is 179 Å². The number of phenolic OH excluding ortho intramolecular Hbond substituents is 4. The number of carboxylic acid groups (broad SMARTS) is 1. The summed E-state index contributed by atoms with van der Waals surface area (Å²) in [5.41, 5.74) is 11.1. The molecular formula is C59H81ClK2N2O15. The van der Waals surface area contributed by atoms with Crippen LogP contribution in [0.5, 0.6) is 23.0 Å². The smallest absolute Gasteiger partial charge is 1.00 e. The zero-order chi connectivity index (χ0) is 57.9. The summed E-state index contributed by atoms with van der Waals surface area (Å²) in [5, 5.41) is 73.3. The molecule has 0 aliphatic rings. The summed E-state index contributed by atoms with van der Waals surface area (Å²) >= 11 is 5.26. The van der Waals surface area contributed by atoms with Crippen LogP contribution in [0.15, 0.2) is 158 Å². The van der Waals surface area contributed by atoms with E-state index in [0.29, 0.717) is 19.3 Å². The minimum Gasteiger partial charge on any atom is -1.00 e. The number of carbonyl (C=O) groups is 5. The fourth-order valence-electron chi connectivity index (χ4n) is 5.82. The number of unbranched alkanes of at least 4 members (excludes halogenated alkanes) is 2. The fraction of sp³-hybridized carbons (Fsp3) is 0.373. The average Bonchev–Trinajstić information content (AvgIpc) is 3.41. The molecule has 0 radical (unpaired) electrons. The molecule has 0 bridgehead atoms. The van der Waals surface area contributed by atoms with E-state index < -0.39 is 53.7 Å². The SMILES string of the molecule is CC/C=C\C/C=C\C/C=C\C/C=C\C/C=C\CCCC(=O)Cl.CC/C=C\C/C=C\C/C=C\C/C=C\C/C=C\CCCC(=O)OC(=O)[C@@H](N)[C@H](O)c1ccc(O)c(O)c1.N[C@H](C(=O)O)[C@H](O)c1ccc(O)c(O)c1.O=CO[O-].[H-].[K+].[K+]. The van der Waals surface area contributed by atoms with Crippen LogP contribution < -0.4 is 119 Å². The van der Waals surface area contributed by atoms with E-state index in [1.807, 2.05) is 12.2 Å². The molecule has 2 aromatic carbocycles. The number of phenols is 4. The Morgan fingerprint density at radius 1 is 0.544 bits per heavy atom. The Hall–Kier alpha value is -3.85. The molecule has 0 aliphatic carbocycles. The molecule has 4 atom stereocenters. The molecule has 0 aliphatic heterocycles. The molecule has 0 fully saturated rings. The molecule has 79 heavy (non-hydrogen) atoms. The number of aliphatic hydroxyl groups is 2. The van der Waals surface area contributed by atoms with Crippen LogP contribution in [0, 0.1) is 0 Å². The Morgan fingerprint density at radius 2 is 0.848 bits per heavy atom. The van der Waals surface area contributed by atoms with Gasteiger partial charge in [-0.05, 0) is 137 Å². The Morgan fingerprint density at radius 3 is 1.14 bits per heavy atom. The molecule has 11 N–H and O–H groups in total. The van der Waals surface area contributed by atoms with Crippen LogP contribution in [-0.4, -0.2) is 77.5 Å². The molecule has 0 aromatic heterocycles. The van der Waals surface area contributed by atoms with Crippen molar-refractivity contribution in [1.29, 1.82) is 0 Å². The first-order valence-corrected chi connectivity index (χ1v) is 25.6. The minimum absolute atomic E-state index is 0. The second-order valence-corrected chi connectivity index (χ2v) is 16.7. The third kappa shape index (κ3) is 48.6. The molecule has 0 saturated carbocycles. The number of aromatic hydroxyl groups is 4. The van der Waals surface area contributed by atoms with Gasteiger partial charge in [0, 0.05) is 12.8 Å². The minimum atomic E-state index is -1.51. The second kappa shape index (κ2) is 57.4. The van der Waals surface area contributed by atoms with Crippen molar-refractivity contribution >= 4 is 41.2 Å². The van der Waals surface area contributed by atoms with Gasteiger partial charge in [0.1, 0.15) is 24.3 Å². The Kier molecular flexibility index (Phi) is 59.3. The third-order valence-electron chi connectivity index (χ3n) is 9.98. The summed E-state index contributed by atoms with van der Waals surface area (Å²) in [6.45, 7) is 4.09. The van der Waals surface area contributed by atoms with E-state index in [0.717, 1.165) is 101 Å². The molecule has 2 aromatic rings. The van der Waals surface area contributed by atoms with Crippen molar-refractivity contribution in [2.24, 2.45) is 11.5 Å². The standard InChI is InChI=1S/C29H39NO6.C20H29ClO.C9H11NO5.CH2O3.2K.H/c1-2-3-4-5-6-7-8-9-10-11-12-13-14-15-16-17-18-19-26(33)36-29(35)27(30)28(34)23-20-21-24(31)25(32)22-23;1-2-3-4-5-6-7-8-9-10-11-12-13-14-15-16-17-18-19-20(21)22;10-7(9(14)15)8(13)4-1-2-5(11)6(12)3-4;2-1-4-3;;;/h3-4,6-7,9-10,12-13,15-16,20-22,27-28,31-32,34H,2,5,8,11,14,17-19,30H2,1H3;3-4,6-7,9-10,12-13,15-16H,2,5,8,11,14,17-19H2,1H3;1-3,7-8,11-13H,10H2,(H,14,15);1,3H;;;/q;;;;2*+1;-1/p-1/b2*4-3-,7-6-,10-9-,13-12-,16-15-;;;;;/t27-,28+;;7-,8+;;;;/m0.0..../s1. The van der Waals surface area contributed by atoms with Gasteiger partial charge in [-0.3, -0.25) is 19.2 Å². The van der Waals surface area contributed by atoms with Crippen LogP contribution in [0.4, 0.5) is 0 Å². The van der Waals surface area contributed by atoms with Gasteiger partial charge in [-0.25, -0.2) is 4.79 Å². The third-order valence-corrected chi connectivity index (χ3v) is 10.2. The van der Waals surface area contributed by atoms with Gasteiger partial charge in [0.2, 0.25) is 5.24 Å². The van der Waals surface area contributed by atoms with Crippen molar-refractivity contribution in [3.8, 4) is 23.0 Å². The number of benzene rings is 2. The second-order valence-electron chi connectivity index (χ2n) is 16.3. The van der Waals surface area contributed by atoms with Gasteiger partial charge in [-0.1, -0.05) is 148 Å². The van der Waals surface area contributed by atoms with E-state index in [1.165, 1.54) is 12.1 Å². The summed E-state index contributed by atoms with van der Waals surface area (Å²) < 4.78 is 4.71. The van der Waals surface area contributed by atoms with Crippen molar-refractivity contribution in [2.45, 2.75) is 141 Å². The molecule has 20 heteroatoms. The van der Waals surface area contributed by atoms with Gasteiger partial charge in [0.15, 0.2) is 23.0 Å². The van der Waals surface area contributed by atoms with Crippen molar-refractivity contribution in [3.05, 3.63) is 169 Å². The van der Waals surface area contributed by atoms with E-state index in [-0.39, 0.29) is 145 Å². The van der Waals surface area contributed by atoms with Crippen LogP contribution in [-0.2, 0) is 33.6 Å². The van der Waals surface area contributed by atoms with Gasteiger partial charge in [0.25, 0.3) is 6.47 Å². The van der Waals surface area contributed by atoms with Crippen LogP contribution in [0.1, 0.15) is 141 Å². The molecular weight excluding hydrogens is 1090 g/mol. The van der Waals surface area contributed by atoms with Crippen molar-refractivity contribution in [3.63, 3.8) is 0 Å². The topological polar surface area (TPSA) is 321 Å². The number of ether oxygens (including phenoxy) is 1. The van der Waals surface area contributed by atoms with Crippen LogP contribution >= 0.6 is 11.6 Å². The predicted molar refractivity (Wildman–Crippen MR) is 300 cm³/mol. The molecule has 0 unspecified atom stereocenters. The van der Waals surface area contributed by atoms with E-state index in [9.17, 15) is 39.6 Å².